The standard InChI is InChI=1S/C11H15NO2S/c1-3-7-5-8(11(13)14-4-2)10(15)9(12)6-7/h5-6,8H,3-4,12H2,1-2H3. The van der Waals surface area contributed by atoms with E-state index in [1.807, 2.05) is 19.1 Å². The van der Waals surface area contributed by atoms with Gasteiger partial charge in [0.25, 0.3) is 0 Å². The molecule has 0 aromatic rings. The molecule has 1 atom stereocenters. The Kier molecular flexibility index (Phi) is 4.03. The summed E-state index contributed by atoms with van der Waals surface area (Å²) in [6.45, 7) is 4.14. The number of esters is 1. The summed E-state index contributed by atoms with van der Waals surface area (Å²) in [6.07, 6.45) is 4.48. The molecule has 0 fully saturated rings. The van der Waals surface area contributed by atoms with Gasteiger partial charge in [-0.1, -0.05) is 25.2 Å². The van der Waals surface area contributed by atoms with Crippen molar-refractivity contribution in [2.45, 2.75) is 20.3 Å². The third-order valence-corrected chi connectivity index (χ3v) is 2.73. The first-order valence-corrected chi connectivity index (χ1v) is 5.39. The van der Waals surface area contributed by atoms with E-state index < -0.39 is 5.92 Å². The molecule has 0 aliphatic heterocycles. The highest BCUT2D eigenvalue weighted by molar-refractivity contribution is 7.81. The molecule has 0 bridgehead atoms. The first-order valence-electron chi connectivity index (χ1n) is 4.98. The predicted molar refractivity (Wildman–Crippen MR) is 63.4 cm³/mol. The van der Waals surface area contributed by atoms with Crippen molar-refractivity contribution in [1.82, 2.24) is 0 Å². The van der Waals surface area contributed by atoms with E-state index in [1.165, 1.54) is 0 Å². The molecule has 0 saturated carbocycles. The zero-order valence-electron chi connectivity index (χ0n) is 8.95. The van der Waals surface area contributed by atoms with Crippen LogP contribution in [-0.4, -0.2) is 17.4 Å². The van der Waals surface area contributed by atoms with Crippen molar-refractivity contribution >= 4 is 23.1 Å². The van der Waals surface area contributed by atoms with Crippen molar-refractivity contribution in [2.75, 3.05) is 6.61 Å². The molecule has 0 aromatic heterocycles. The fourth-order valence-corrected chi connectivity index (χ4v) is 1.64. The number of carbonyl (C=O) groups is 1. The van der Waals surface area contributed by atoms with Gasteiger partial charge in [0.2, 0.25) is 0 Å². The molecule has 2 N–H and O–H groups in total. The van der Waals surface area contributed by atoms with E-state index >= 15 is 0 Å². The number of carbonyl (C=O) groups excluding carboxylic acids is 1. The van der Waals surface area contributed by atoms with Crippen LogP contribution in [0.2, 0.25) is 0 Å². The molecular formula is C11H15NO2S. The van der Waals surface area contributed by atoms with Gasteiger partial charge in [-0.25, -0.2) is 0 Å². The van der Waals surface area contributed by atoms with Gasteiger partial charge in [0.05, 0.1) is 11.5 Å². The molecule has 1 rings (SSSR count). The molecule has 0 radical (unpaired) electrons. The second kappa shape index (κ2) is 5.07. The number of rotatable bonds is 3. The van der Waals surface area contributed by atoms with E-state index in [2.05, 4.69) is 0 Å². The molecule has 1 unspecified atom stereocenters. The summed E-state index contributed by atoms with van der Waals surface area (Å²) in [5.74, 6) is -0.801. The minimum Gasteiger partial charge on any atom is -0.465 e. The zero-order chi connectivity index (χ0) is 11.4. The maximum absolute atomic E-state index is 11.6. The molecule has 82 valence electrons. The van der Waals surface area contributed by atoms with Gasteiger partial charge in [0, 0.05) is 5.70 Å². The Labute approximate surface area is 95.0 Å². The van der Waals surface area contributed by atoms with Crippen molar-refractivity contribution < 1.29 is 9.53 Å². The molecule has 0 spiro atoms. The van der Waals surface area contributed by atoms with Gasteiger partial charge in [0.15, 0.2) is 0 Å². The molecule has 0 amide bonds. The molecule has 0 heterocycles. The summed E-state index contributed by atoms with van der Waals surface area (Å²) in [6, 6.07) is 0. The van der Waals surface area contributed by atoms with Crippen LogP contribution in [0, 0.1) is 5.92 Å². The third-order valence-electron chi connectivity index (χ3n) is 2.24. The van der Waals surface area contributed by atoms with Crippen LogP contribution in [-0.2, 0) is 9.53 Å². The lowest BCUT2D eigenvalue weighted by Crippen LogP contribution is -2.29. The summed E-state index contributed by atoms with van der Waals surface area (Å²) in [7, 11) is 0. The van der Waals surface area contributed by atoms with E-state index in [4.69, 9.17) is 22.7 Å². The van der Waals surface area contributed by atoms with Crippen molar-refractivity contribution in [3.8, 4) is 0 Å². The van der Waals surface area contributed by atoms with Crippen LogP contribution in [0.15, 0.2) is 23.4 Å². The number of hydrogen-bond acceptors (Lipinski definition) is 4. The topological polar surface area (TPSA) is 52.3 Å². The second-order valence-corrected chi connectivity index (χ2v) is 3.73. The lowest BCUT2D eigenvalue weighted by atomic mass is 9.92. The van der Waals surface area contributed by atoms with Gasteiger partial charge >= 0.3 is 5.97 Å². The number of ether oxygens (including phenoxy) is 1. The number of hydrogen-bond donors (Lipinski definition) is 1. The molecule has 4 heteroatoms. The Morgan fingerprint density at radius 2 is 2.27 bits per heavy atom. The normalized spacial score (nSPS) is 20.7. The van der Waals surface area contributed by atoms with Crippen LogP contribution in [0.4, 0.5) is 0 Å². The molecule has 0 aromatic carbocycles. The highest BCUT2D eigenvalue weighted by Crippen LogP contribution is 2.21. The summed E-state index contributed by atoms with van der Waals surface area (Å²) < 4.78 is 4.94. The minimum atomic E-state index is -0.486. The molecule has 0 saturated heterocycles. The first kappa shape index (κ1) is 11.9. The fraction of sp³-hybridized carbons (Fsp3) is 0.455. The van der Waals surface area contributed by atoms with E-state index in [1.54, 1.807) is 6.92 Å². The van der Waals surface area contributed by atoms with Crippen LogP contribution in [0.5, 0.6) is 0 Å². The highest BCUT2D eigenvalue weighted by atomic mass is 32.1. The Morgan fingerprint density at radius 1 is 1.60 bits per heavy atom. The van der Waals surface area contributed by atoms with Gasteiger partial charge in [0.1, 0.15) is 5.92 Å². The lowest BCUT2D eigenvalue weighted by molar-refractivity contribution is -0.144. The first-order chi connectivity index (χ1) is 7.10. The number of nitrogens with two attached hydrogens (primary N) is 1. The summed E-state index contributed by atoms with van der Waals surface area (Å²) in [4.78, 5) is 12.0. The predicted octanol–water partition coefficient (Wildman–Crippen LogP) is 1.73. The Morgan fingerprint density at radius 3 is 2.80 bits per heavy atom. The van der Waals surface area contributed by atoms with Crippen molar-refractivity contribution in [3.63, 3.8) is 0 Å². The van der Waals surface area contributed by atoms with Crippen LogP contribution in [0.1, 0.15) is 20.3 Å². The number of allylic oxidation sites excluding steroid dienone is 3. The Hall–Kier alpha value is -1.16. The SMILES string of the molecule is CCOC(=O)C1C=C(CC)C=C(N)C1=S. The smallest absolute Gasteiger partial charge is 0.318 e. The van der Waals surface area contributed by atoms with Crippen LogP contribution in [0.3, 0.4) is 0 Å². The van der Waals surface area contributed by atoms with Gasteiger partial charge in [-0.2, -0.15) is 0 Å². The quantitative estimate of drug-likeness (QED) is 0.587. The van der Waals surface area contributed by atoms with Gasteiger partial charge in [-0.3, -0.25) is 4.79 Å². The molecule has 3 nitrogen and oxygen atoms in total. The van der Waals surface area contributed by atoms with Gasteiger partial charge in [-0.05, 0) is 25.0 Å². The van der Waals surface area contributed by atoms with Crippen LogP contribution >= 0.6 is 12.2 Å². The van der Waals surface area contributed by atoms with Crippen LogP contribution in [0.25, 0.3) is 0 Å². The van der Waals surface area contributed by atoms with E-state index in [0.29, 0.717) is 17.2 Å². The Bertz CT molecular complexity index is 344. The van der Waals surface area contributed by atoms with E-state index in [9.17, 15) is 4.79 Å². The van der Waals surface area contributed by atoms with Gasteiger partial charge < -0.3 is 10.5 Å². The second-order valence-electron chi connectivity index (χ2n) is 3.29. The average molecular weight is 225 g/mol. The highest BCUT2D eigenvalue weighted by Gasteiger charge is 2.26. The van der Waals surface area contributed by atoms with Crippen molar-refractivity contribution in [3.05, 3.63) is 23.4 Å². The average Bonchev–Trinajstić information content (AvgIpc) is 2.22. The monoisotopic (exact) mass is 225 g/mol. The van der Waals surface area contributed by atoms with Crippen LogP contribution < -0.4 is 5.73 Å². The number of thiocarbonyl (C=S) groups is 1. The van der Waals surface area contributed by atoms with E-state index in [-0.39, 0.29) is 5.97 Å². The lowest BCUT2D eigenvalue weighted by Gasteiger charge is -2.19. The maximum Gasteiger partial charge on any atom is 0.318 e. The van der Waals surface area contributed by atoms with Gasteiger partial charge in [-0.15, -0.1) is 0 Å². The molecule has 15 heavy (non-hydrogen) atoms. The summed E-state index contributed by atoms with van der Waals surface area (Å²) in [5, 5.41) is 0. The Balaban J connectivity index is 2.90. The summed E-state index contributed by atoms with van der Waals surface area (Å²) >= 11 is 5.10. The van der Waals surface area contributed by atoms with E-state index in [0.717, 1.165) is 12.0 Å². The zero-order valence-corrected chi connectivity index (χ0v) is 9.76. The maximum atomic E-state index is 11.6. The molecular weight excluding hydrogens is 210 g/mol. The molecule has 1 aliphatic carbocycles. The minimum absolute atomic E-state index is 0.315. The third kappa shape index (κ3) is 2.65. The molecule has 1 aliphatic rings. The van der Waals surface area contributed by atoms with Crippen molar-refractivity contribution in [1.29, 1.82) is 0 Å². The fourth-order valence-electron chi connectivity index (χ4n) is 1.42. The summed E-state index contributed by atoms with van der Waals surface area (Å²) in [5.41, 5.74) is 7.27. The largest absolute Gasteiger partial charge is 0.465 e. The van der Waals surface area contributed by atoms with Crippen molar-refractivity contribution in [2.24, 2.45) is 11.7 Å².